The smallest absolute Gasteiger partial charge is 0.230 e. The SMILES string of the molecule is O=C(C(c1ccc(Cl)cc1)C1CC1)N1CCNCC1. The number of piperazine rings is 1. The summed E-state index contributed by atoms with van der Waals surface area (Å²) in [5.74, 6) is 0.866. The number of rotatable bonds is 3. The van der Waals surface area contributed by atoms with Crippen LogP contribution in [0.15, 0.2) is 24.3 Å². The molecule has 0 bridgehead atoms. The van der Waals surface area contributed by atoms with Gasteiger partial charge in [0.25, 0.3) is 0 Å². The number of benzene rings is 1. The van der Waals surface area contributed by atoms with Crippen molar-refractivity contribution in [1.82, 2.24) is 10.2 Å². The topological polar surface area (TPSA) is 32.3 Å². The first-order chi connectivity index (χ1) is 9.25. The maximum Gasteiger partial charge on any atom is 0.230 e. The Bertz CT molecular complexity index is 450. The molecule has 1 saturated heterocycles. The molecule has 1 aliphatic heterocycles. The number of carbonyl (C=O) groups excluding carboxylic acids is 1. The molecule has 0 spiro atoms. The number of carbonyl (C=O) groups is 1. The van der Waals surface area contributed by atoms with Crippen molar-refractivity contribution in [2.45, 2.75) is 18.8 Å². The fourth-order valence-electron chi connectivity index (χ4n) is 2.80. The highest BCUT2D eigenvalue weighted by Crippen LogP contribution is 2.43. The van der Waals surface area contributed by atoms with E-state index in [9.17, 15) is 4.79 Å². The molecule has 1 saturated carbocycles. The van der Waals surface area contributed by atoms with Crippen LogP contribution in [0.2, 0.25) is 5.02 Å². The summed E-state index contributed by atoms with van der Waals surface area (Å²) in [4.78, 5) is 14.7. The largest absolute Gasteiger partial charge is 0.340 e. The number of hydrogen-bond donors (Lipinski definition) is 1. The van der Waals surface area contributed by atoms with E-state index in [2.05, 4.69) is 5.32 Å². The van der Waals surface area contributed by atoms with E-state index in [1.54, 1.807) is 0 Å². The van der Waals surface area contributed by atoms with Crippen molar-refractivity contribution >= 4 is 17.5 Å². The lowest BCUT2D eigenvalue weighted by atomic mass is 9.92. The average Bonchev–Trinajstić information content (AvgIpc) is 3.27. The molecule has 1 aromatic rings. The molecule has 0 radical (unpaired) electrons. The highest BCUT2D eigenvalue weighted by molar-refractivity contribution is 6.30. The first kappa shape index (κ1) is 12.9. The van der Waals surface area contributed by atoms with Crippen molar-refractivity contribution in [1.29, 1.82) is 0 Å². The van der Waals surface area contributed by atoms with Gasteiger partial charge in [-0.3, -0.25) is 4.79 Å². The Hall–Kier alpha value is -1.06. The average molecular weight is 279 g/mol. The van der Waals surface area contributed by atoms with Crippen LogP contribution in [-0.2, 0) is 4.79 Å². The second-order valence-corrected chi connectivity index (χ2v) is 5.88. The highest BCUT2D eigenvalue weighted by atomic mass is 35.5. The zero-order chi connectivity index (χ0) is 13.2. The van der Waals surface area contributed by atoms with E-state index in [0.717, 1.165) is 36.8 Å². The predicted molar refractivity (Wildman–Crippen MR) is 76.4 cm³/mol. The van der Waals surface area contributed by atoms with Gasteiger partial charge in [0.2, 0.25) is 5.91 Å². The molecule has 1 heterocycles. The normalized spacial score (nSPS) is 21.2. The van der Waals surface area contributed by atoms with Crippen LogP contribution in [0, 0.1) is 5.92 Å². The summed E-state index contributed by atoms with van der Waals surface area (Å²) in [6, 6.07) is 7.78. The third-order valence-corrected chi connectivity index (χ3v) is 4.27. The number of halogens is 1. The molecule has 102 valence electrons. The lowest BCUT2D eigenvalue weighted by molar-refractivity contribution is -0.133. The highest BCUT2D eigenvalue weighted by Gasteiger charge is 2.39. The van der Waals surface area contributed by atoms with Gasteiger partial charge in [0.15, 0.2) is 0 Å². The molecule has 4 heteroatoms. The molecule has 3 nitrogen and oxygen atoms in total. The Labute approximate surface area is 118 Å². The van der Waals surface area contributed by atoms with Crippen LogP contribution in [0.3, 0.4) is 0 Å². The van der Waals surface area contributed by atoms with Gasteiger partial charge >= 0.3 is 0 Å². The van der Waals surface area contributed by atoms with Gasteiger partial charge in [0, 0.05) is 31.2 Å². The molecule has 0 aromatic heterocycles. The van der Waals surface area contributed by atoms with Crippen LogP contribution in [0.5, 0.6) is 0 Å². The molecule has 1 aromatic carbocycles. The molecule has 19 heavy (non-hydrogen) atoms. The molecule has 3 rings (SSSR count). The van der Waals surface area contributed by atoms with E-state index in [1.807, 2.05) is 29.2 Å². The molecular formula is C15H19ClN2O. The Morgan fingerprint density at radius 2 is 1.84 bits per heavy atom. The summed E-state index contributed by atoms with van der Waals surface area (Å²) in [5.41, 5.74) is 1.12. The minimum atomic E-state index is 0.0374. The van der Waals surface area contributed by atoms with Crippen molar-refractivity contribution in [3.05, 3.63) is 34.9 Å². The standard InChI is InChI=1S/C15H19ClN2O/c16-13-5-3-12(4-6-13)14(11-1-2-11)15(19)18-9-7-17-8-10-18/h3-6,11,14,17H,1-2,7-10H2. The Balaban J connectivity index is 1.80. The molecular weight excluding hydrogens is 260 g/mol. The van der Waals surface area contributed by atoms with Crippen molar-refractivity contribution in [2.24, 2.45) is 5.92 Å². The number of nitrogens with one attached hydrogen (secondary N) is 1. The predicted octanol–water partition coefficient (Wildman–Crippen LogP) is 2.27. The molecule has 2 aliphatic rings. The van der Waals surface area contributed by atoms with Gasteiger partial charge in [-0.2, -0.15) is 0 Å². The van der Waals surface area contributed by atoms with E-state index in [-0.39, 0.29) is 5.92 Å². The molecule has 1 aliphatic carbocycles. The first-order valence-electron chi connectivity index (χ1n) is 7.00. The minimum Gasteiger partial charge on any atom is -0.340 e. The number of amides is 1. The zero-order valence-electron chi connectivity index (χ0n) is 10.9. The monoisotopic (exact) mass is 278 g/mol. The summed E-state index contributed by atoms with van der Waals surface area (Å²) < 4.78 is 0. The van der Waals surface area contributed by atoms with E-state index >= 15 is 0 Å². The quantitative estimate of drug-likeness (QED) is 0.920. The van der Waals surface area contributed by atoms with Crippen molar-refractivity contribution < 1.29 is 4.79 Å². The van der Waals surface area contributed by atoms with Crippen LogP contribution in [0.4, 0.5) is 0 Å². The van der Waals surface area contributed by atoms with Crippen molar-refractivity contribution in [2.75, 3.05) is 26.2 Å². The third kappa shape index (κ3) is 2.93. The first-order valence-corrected chi connectivity index (χ1v) is 7.38. The van der Waals surface area contributed by atoms with Crippen LogP contribution >= 0.6 is 11.6 Å². The van der Waals surface area contributed by atoms with Crippen molar-refractivity contribution in [3.8, 4) is 0 Å². The van der Waals surface area contributed by atoms with Crippen LogP contribution in [0.1, 0.15) is 24.3 Å². The van der Waals surface area contributed by atoms with Gasteiger partial charge in [-0.25, -0.2) is 0 Å². The van der Waals surface area contributed by atoms with Gasteiger partial charge in [-0.15, -0.1) is 0 Å². The zero-order valence-corrected chi connectivity index (χ0v) is 11.7. The second-order valence-electron chi connectivity index (χ2n) is 5.44. The van der Waals surface area contributed by atoms with E-state index < -0.39 is 0 Å². The van der Waals surface area contributed by atoms with E-state index in [1.165, 1.54) is 12.8 Å². The Morgan fingerprint density at radius 3 is 2.42 bits per heavy atom. The summed E-state index contributed by atoms with van der Waals surface area (Å²) in [6.07, 6.45) is 2.34. The van der Waals surface area contributed by atoms with Crippen LogP contribution in [0.25, 0.3) is 0 Å². The summed E-state index contributed by atoms with van der Waals surface area (Å²) in [6.45, 7) is 3.47. The Kier molecular flexibility index (Phi) is 3.76. The maximum absolute atomic E-state index is 12.7. The van der Waals surface area contributed by atoms with Crippen molar-refractivity contribution in [3.63, 3.8) is 0 Å². The van der Waals surface area contributed by atoms with Gasteiger partial charge in [-0.05, 0) is 36.5 Å². The molecule has 1 atom stereocenters. The molecule has 1 unspecified atom stereocenters. The molecule has 1 N–H and O–H groups in total. The van der Waals surface area contributed by atoms with E-state index in [0.29, 0.717) is 11.8 Å². The summed E-state index contributed by atoms with van der Waals surface area (Å²) in [7, 11) is 0. The number of nitrogens with zero attached hydrogens (tertiary/aromatic N) is 1. The minimum absolute atomic E-state index is 0.0374. The summed E-state index contributed by atoms with van der Waals surface area (Å²) in [5, 5.41) is 4.02. The third-order valence-electron chi connectivity index (χ3n) is 4.02. The van der Waals surface area contributed by atoms with Gasteiger partial charge < -0.3 is 10.2 Å². The van der Waals surface area contributed by atoms with Crippen LogP contribution < -0.4 is 5.32 Å². The van der Waals surface area contributed by atoms with Gasteiger partial charge in [0.1, 0.15) is 0 Å². The van der Waals surface area contributed by atoms with Gasteiger partial charge in [-0.1, -0.05) is 23.7 Å². The van der Waals surface area contributed by atoms with E-state index in [4.69, 9.17) is 11.6 Å². The van der Waals surface area contributed by atoms with Gasteiger partial charge in [0.05, 0.1) is 5.92 Å². The summed E-state index contributed by atoms with van der Waals surface area (Å²) >= 11 is 5.94. The fourth-order valence-corrected chi connectivity index (χ4v) is 2.92. The molecule has 1 amide bonds. The maximum atomic E-state index is 12.7. The lowest BCUT2D eigenvalue weighted by Gasteiger charge is -2.31. The fraction of sp³-hybridized carbons (Fsp3) is 0.533. The van der Waals surface area contributed by atoms with Crippen LogP contribution in [-0.4, -0.2) is 37.0 Å². The second kappa shape index (κ2) is 5.51. The Morgan fingerprint density at radius 1 is 1.21 bits per heavy atom. The molecule has 2 fully saturated rings. The number of hydrogen-bond acceptors (Lipinski definition) is 2. The lowest BCUT2D eigenvalue weighted by Crippen LogP contribution is -2.48.